The van der Waals surface area contributed by atoms with Crippen LogP contribution in [0.15, 0.2) is 46.7 Å². The quantitative estimate of drug-likeness (QED) is 0.728. The molecule has 1 saturated heterocycles. The van der Waals surface area contributed by atoms with Gasteiger partial charge in [0.05, 0.1) is 22.7 Å². The van der Waals surface area contributed by atoms with Gasteiger partial charge in [-0.1, -0.05) is 6.07 Å². The Morgan fingerprint density at radius 1 is 1.19 bits per heavy atom. The summed E-state index contributed by atoms with van der Waals surface area (Å²) in [6, 6.07) is 9.64. The second kappa shape index (κ2) is 7.87. The summed E-state index contributed by atoms with van der Waals surface area (Å²) in [5, 5.41) is 1.91. The summed E-state index contributed by atoms with van der Waals surface area (Å²) >= 11 is 1.51. The number of hydrogen-bond donors (Lipinski definition) is 0. The molecule has 0 N–H and O–H groups in total. The summed E-state index contributed by atoms with van der Waals surface area (Å²) in [6.45, 7) is 4.55. The van der Waals surface area contributed by atoms with Gasteiger partial charge in [-0.15, -0.1) is 11.3 Å². The Morgan fingerprint density at radius 2 is 1.85 bits per heavy atom. The summed E-state index contributed by atoms with van der Waals surface area (Å²) in [4.78, 5) is 13.2. The SMILES string of the molecule is C[C@H]1CN(S(=O)(=O)c2ccc(C(=O)OCc3cccs3)cc2)C[C@H](C)O1. The predicted molar refractivity (Wildman–Crippen MR) is 98.6 cm³/mol. The van der Waals surface area contributed by atoms with Crippen molar-refractivity contribution in [2.45, 2.75) is 37.6 Å². The zero-order valence-electron chi connectivity index (χ0n) is 14.6. The van der Waals surface area contributed by atoms with E-state index in [0.29, 0.717) is 18.7 Å². The third kappa shape index (κ3) is 4.32. The molecule has 0 bridgehead atoms. The lowest BCUT2D eigenvalue weighted by Gasteiger charge is -2.34. The van der Waals surface area contributed by atoms with E-state index in [1.165, 1.54) is 39.9 Å². The number of esters is 1. The molecule has 2 aromatic rings. The van der Waals surface area contributed by atoms with Crippen molar-refractivity contribution in [2.75, 3.05) is 13.1 Å². The van der Waals surface area contributed by atoms with Crippen molar-refractivity contribution >= 4 is 27.3 Å². The molecule has 0 unspecified atom stereocenters. The fraction of sp³-hybridized carbons (Fsp3) is 0.389. The molecule has 0 spiro atoms. The van der Waals surface area contributed by atoms with Crippen molar-refractivity contribution in [3.05, 3.63) is 52.2 Å². The lowest BCUT2D eigenvalue weighted by atomic mass is 10.2. The van der Waals surface area contributed by atoms with Crippen LogP contribution in [-0.4, -0.2) is 44.0 Å². The van der Waals surface area contributed by atoms with Gasteiger partial charge >= 0.3 is 5.97 Å². The monoisotopic (exact) mass is 395 g/mol. The number of carbonyl (C=O) groups is 1. The first-order chi connectivity index (χ1) is 12.4. The van der Waals surface area contributed by atoms with Crippen LogP contribution in [0, 0.1) is 0 Å². The van der Waals surface area contributed by atoms with Crippen LogP contribution in [0.25, 0.3) is 0 Å². The van der Waals surface area contributed by atoms with Crippen molar-refractivity contribution in [3.8, 4) is 0 Å². The summed E-state index contributed by atoms with van der Waals surface area (Å²) in [7, 11) is -3.62. The van der Waals surface area contributed by atoms with E-state index in [9.17, 15) is 13.2 Å². The highest BCUT2D eigenvalue weighted by atomic mass is 32.2. The molecule has 1 aromatic carbocycles. The molecular weight excluding hydrogens is 374 g/mol. The largest absolute Gasteiger partial charge is 0.456 e. The highest BCUT2D eigenvalue weighted by molar-refractivity contribution is 7.89. The Morgan fingerprint density at radius 3 is 2.42 bits per heavy atom. The summed E-state index contributed by atoms with van der Waals surface area (Å²) in [5.41, 5.74) is 0.323. The average molecular weight is 396 g/mol. The molecule has 2 atom stereocenters. The molecule has 2 heterocycles. The molecule has 8 heteroatoms. The zero-order valence-corrected chi connectivity index (χ0v) is 16.3. The number of morpholine rings is 1. The first-order valence-electron chi connectivity index (χ1n) is 8.31. The van der Waals surface area contributed by atoms with Gasteiger partial charge in [0.2, 0.25) is 10.0 Å². The second-order valence-corrected chi connectivity index (χ2v) is 9.23. The predicted octanol–water partition coefficient (Wildman–Crippen LogP) is 2.90. The topological polar surface area (TPSA) is 72.9 Å². The lowest BCUT2D eigenvalue weighted by molar-refractivity contribution is -0.0440. The fourth-order valence-corrected chi connectivity index (χ4v) is 5.06. The van der Waals surface area contributed by atoms with Crippen LogP contribution in [-0.2, 0) is 26.1 Å². The summed E-state index contributed by atoms with van der Waals surface area (Å²) in [5.74, 6) is -0.476. The molecule has 1 aliphatic rings. The Kier molecular flexibility index (Phi) is 5.76. The first kappa shape index (κ1) is 19.0. The maximum absolute atomic E-state index is 12.8. The van der Waals surface area contributed by atoms with Gasteiger partial charge in [-0.2, -0.15) is 4.31 Å². The Balaban J connectivity index is 1.69. The minimum absolute atomic E-state index is 0.153. The van der Waals surface area contributed by atoms with Crippen LogP contribution < -0.4 is 0 Å². The molecule has 1 aliphatic heterocycles. The van der Waals surface area contributed by atoms with E-state index in [2.05, 4.69) is 0 Å². The molecule has 0 saturated carbocycles. The molecule has 6 nitrogen and oxygen atoms in total. The normalized spacial score (nSPS) is 21.5. The number of rotatable bonds is 5. The van der Waals surface area contributed by atoms with Crippen molar-refractivity contribution in [1.29, 1.82) is 0 Å². The van der Waals surface area contributed by atoms with Crippen LogP contribution in [0.3, 0.4) is 0 Å². The van der Waals surface area contributed by atoms with Crippen molar-refractivity contribution in [1.82, 2.24) is 4.31 Å². The molecule has 3 rings (SSSR count). The lowest BCUT2D eigenvalue weighted by Crippen LogP contribution is -2.48. The minimum atomic E-state index is -3.62. The van der Waals surface area contributed by atoms with Gasteiger partial charge in [-0.3, -0.25) is 0 Å². The highest BCUT2D eigenvalue weighted by Crippen LogP contribution is 2.22. The molecular formula is C18H21NO5S2. The number of benzene rings is 1. The Bertz CT molecular complexity index is 836. The molecule has 140 valence electrons. The minimum Gasteiger partial charge on any atom is -0.456 e. The fourth-order valence-electron chi connectivity index (χ4n) is 2.85. The molecule has 26 heavy (non-hydrogen) atoms. The number of sulfonamides is 1. The van der Waals surface area contributed by atoms with Crippen LogP contribution in [0.4, 0.5) is 0 Å². The van der Waals surface area contributed by atoms with E-state index in [0.717, 1.165) is 4.88 Å². The maximum Gasteiger partial charge on any atom is 0.338 e. The van der Waals surface area contributed by atoms with Gasteiger partial charge in [0.15, 0.2) is 0 Å². The van der Waals surface area contributed by atoms with Gasteiger partial charge < -0.3 is 9.47 Å². The van der Waals surface area contributed by atoms with Crippen LogP contribution >= 0.6 is 11.3 Å². The second-order valence-electron chi connectivity index (χ2n) is 6.26. The molecule has 0 aliphatic carbocycles. The molecule has 0 amide bonds. The van der Waals surface area contributed by atoms with E-state index in [1.807, 2.05) is 31.4 Å². The van der Waals surface area contributed by atoms with Gasteiger partial charge in [0, 0.05) is 18.0 Å². The summed E-state index contributed by atoms with van der Waals surface area (Å²) in [6.07, 6.45) is -0.306. The van der Waals surface area contributed by atoms with E-state index >= 15 is 0 Å². The van der Waals surface area contributed by atoms with E-state index < -0.39 is 16.0 Å². The van der Waals surface area contributed by atoms with Crippen molar-refractivity contribution in [3.63, 3.8) is 0 Å². The molecule has 1 aromatic heterocycles. The number of nitrogens with zero attached hydrogens (tertiary/aromatic N) is 1. The highest BCUT2D eigenvalue weighted by Gasteiger charge is 2.32. The standard InChI is InChI=1S/C18H21NO5S2/c1-13-10-19(11-14(2)24-13)26(21,22)17-7-5-15(6-8-17)18(20)23-12-16-4-3-9-25-16/h3-9,13-14H,10-12H2,1-2H3/t13-,14-/m0/s1. The van der Waals surface area contributed by atoms with Gasteiger partial charge in [-0.05, 0) is 49.6 Å². The van der Waals surface area contributed by atoms with Crippen molar-refractivity contribution < 1.29 is 22.7 Å². The van der Waals surface area contributed by atoms with Gasteiger partial charge in [0.25, 0.3) is 0 Å². The third-order valence-corrected chi connectivity index (χ3v) is 6.74. The number of thiophene rings is 1. The van der Waals surface area contributed by atoms with E-state index in [1.54, 1.807) is 0 Å². The molecule has 0 radical (unpaired) electrons. The van der Waals surface area contributed by atoms with Gasteiger partial charge in [0.1, 0.15) is 6.61 Å². The number of ether oxygens (including phenoxy) is 2. The Hall–Kier alpha value is -1.74. The number of carbonyl (C=O) groups excluding carboxylic acids is 1. The summed E-state index contributed by atoms with van der Waals surface area (Å²) < 4.78 is 37.8. The van der Waals surface area contributed by atoms with Crippen LogP contribution in [0.1, 0.15) is 29.1 Å². The zero-order chi connectivity index (χ0) is 18.7. The third-order valence-electron chi connectivity index (χ3n) is 4.04. The van der Waals surface area contributed by atoms with Gasteiger partial charge in [-0.25, -0.2) is 13.2 Å². The average Bonchev–Trinajstić information content (AvgIpc) is 3.12. The number of hydrogen-bond acceptors (Lipinski definition) is 6. The van der Waals surface area contributed by atoms with E-state index in [-0.39, 0.29) is 23.7 Å². The molecule has 1 fully saturated rings. The van der Waals surface area contributed by atoms with Crippen LogP contribution in [0.5, 0.6) is 0 Å². The first-order valence-corrected chi connectivity index (χ1v) is 10.6. The maximum atomic E-state index is 12.8. The van der Waals surface area contributed by atoms with Crippen molar-refractivity contribution in [2.24, 2.45) is 0 Å². The van der Waals surface area contributed by atoms with Crippen LogP contribution in [0.2, 0.25) is 0 Å². The van der Waals surface area contributed by atoms with E-state index in [4.69, 9.17) is 9.47 Å². The Labute approximate surface area is 157 Å². The smallest absolute Gasteiger partial charge is 0.338 e.